The van der Waals surface area contributed by atoms with Crippen LogP contribution in [0.1, 0.15) is 37.0 Å². The molecule has 1 amide bonds. The number of aromatic nitrogens is 3. The molecular weight excluding hydrogens is 434 g/mol. The first-order valence-electron chi connectivity index (χ1n) is 9.32. The van der Waals surface area contributed by atoms with Gasteiger partial charge in [0.05, 0.1) is 35.3 Å². The van der Waals surface area contributed by atoms with Gasteiger partial charge in [-0.15, -0.1) is 0 Å². The Bertz CT molecular complexity index is 977. The van der Waals surface area contributed by atoms with Gasteiger partial charge >= 0.3 is 0 Å². The van der Waals surface area contributed by atoms with Crippen LogP contribution in [0.15, 0.2) is 59.2 Å². The van der Waals surface area contributed by atoms with Crippen molar-refractivity contribution in [3.8, 4) is 11.8 Å². The number of nitriles is 1. The van der Waals surface area contributed by atoms with Crippen molar-refractivity contribution < 1.29 is 9.53 Å². The van der Waals surface area contributed by atoms with Gasteiger partial charge in [-0.05, 0) is 54.8 Å². The number of rotatable bonds is 5. The van der Waals surface area contributed by atoms with Crippen molar-refractivity contribution in [1.29, 1.82) is 5.26 Å². The van der Waals surface area contributed by atoms with Crippen LogP contribution in [0.5, 0.6) is 0 Å². The van der Waals surface area contributed by atoms with Gasteiger partial charge in [-0.25, -0.2) is 0 Å². The van der Waals surface area contributed by atoms with Crippen molar-refractivity contribution in [2.24, 2.45) is 5.92 Å². The van der Waals surface area contributed by atoms with E-state index in [2.05, 4.69) is 32.7 Å². The number of likely N-dealkylation sites (tertiary alicyclic amines) is 1. The SMILES string of the molecule is C=C(O/C(Br)=C(\C)C#N)C1CC[C@@H](C)N(C(=O)c2ccccc2-n2nccn2)C1. The number of ether oxygens (including phenoxy) is 1. The molecule has 1 aliphatic heterocycles. The lowest BCUT2D eigenvalue weighted by Crippen LogP contribution is -2.46. The zero-order valence-electron chi connectivity index (χ0n) is 16.4. The second-order valence-electron chi connectivity index (χ2n) is 7.00. The molecule has 0 radical (unpaired) electrons. The van der Waals surface area contributed by atoms with E-state index in [0.717, 1.165) is 12.8 Å². The van der Waals surface area contributed by atoms with Crippen LogP contribution in [0, 0.1) is 17.2 Å². The van der Waals surface area contributed by atoms with Crippen LogP contribution in [0.25, 0.3) is 5.69 Å². The van der Waals surface area contributed by atoms with Gasteiger partial charge in [0.1, 0.15) is 5.76 Å². The molecule has 2 aromatic rings. The highest BCUT2D eigenvalue weighted by Gasteiger charge is 2.33. The molecule has 0 bridgehead atoms. The maximum absolute atomic E-state index is 13.4. The number of benzene rings is 1. The zero-order valence-corrected chi connectivity index (χ0v) is 18.0. The number of piperidine rings is 1. The number of carbonyl (C=O) groups is 1. The highest BCUT2D eigenvalue weighted by Crippen LogP contribution is 2.31. The van der Waals surface area contributed by atoms with Crippen LogP contribution in [0.3, 0.4) is 0 Å². The smallest absolute Gasteiger partial charge is 0.256 e. The fraction of sp³-hybridized carbons (Fsp3) is 0.333. The molecule has 0 N–H and O–H groups in total. The van der Waals surface area contributed by atoms with E-state index in [-0.39, 0.29) is 17.9 Å². The summed E-state index contributed by atoms with van der Waals surface area (Å²) in [4.78, 5) is 16.7. The molecule has 0 aliphatic carbocycles. The van der Waals surface area contributed by atoms with Gasteiger partial charge in [0.25, 0.3) is 5.91 Å². The number of hydrogen-bond acceptors (Lipinski definition) is 5. The number of allylic oxidation sites excluding steroid dienone is 1. The van der Waals surface area contributed by atoms with Gasteiger partial charge < -0.3 is 9.64 Å². The monoisotopic (exact) mass is 455 g/mol. The molecular formula is C21H22BrN5O2. The summed E-state index contributed by atoms with van der Waals surface area (Å²) in [5.74, 6) is 0.438. The predicted molar refractivity (Wildman–Crippen MR) is 112 cm³/mol. The largest absolute Gasteiger partial charge is 0.454 e. The number of nitrogens with zero attached hydrogens (tertiary/aromatic N) is 5. The van der Waals surface area contributed by atoms with E-state index >= 15 is 0 Å². The molecule has 2 heterocycles. The number of halogens is 1. The Labute approximate surface area is 178 Å². The molecule has 1 aromatic carbocycles. The molecule has 1 fully saturated rings. The molecule has 8 heteroatoms. The van der Waals surface area contributed by atoms with Crippen molar-refractivity contribution in [1.82, 2.24) is 19.9 Å². The van der Waals surface area contributed by atoms with E-state index in [1.165, 1.54) is 4.80 Å². The van der Waals surface area contributed by atoms with E-state index in [0.29, 0.717) is 33.8 Å². The number of amides is 1. The third kappa shape index (κ3) is 4.57. The third-order valence-electron chi connectivity index (χ3n) is 5.05. The topological polar surface area (TPSA) is 84.0 Å². The van der Waals surface area contributed by atoms with Crippen LogP contribution >= 0.6 is 15.9 Å². The molecule has 29 heavy (non-hydrogen) atoms. The van der Waals surface area contributed by atoms with Crippen LogP contribution in [-0.2, 0) is 4.74 Å². The van der Waals surface area contributed by atoms with E-state index in [1.807, 2.05) is 36.1 Å². The Balaban J connectivity index is 1.81. The highest BCUT2D eigenvalue weighted by molar-refractivity contribution is 9.11. The minimum Gasteiger partial charge on any atom is -0.454 e. The highest BCUT2D eigenvalue weighted by atomic mass is 79.9. The lowest BCUT2D eigenvalue weighted by molar-refractivity contribution is 0.0549. The number of hydrogen-bond donors (Lipinski definition) is 0. The van der Waals surface area contributed by atoms with Crippen molar-refractivity contribution in [2.45, 2.75) is 32.7 Å². The van der Waals surface area contributed by atoms with Crippen molar-refractivity contribution in [2.75, 3.05) is 6.54 Å². The summed E-state index contributed by atoms with van der Waals surface area (Å²) in [5.41, 5.74) is 1.62. The molecule has 0 saturated carbocycles. The molecule has 0 spiro atoms. The van der Waals surface area contributed by atoms with Gasteiger partial charge in [0.15, 0.2) is 4.67 Å². The van der Waals surface area contributed by atoms with Gasteiger partial charge in [-0.2, -0.15) is 20.3 Å². The van der Waals surface area contributed by atoms with Crippen LogP contribution < -0.4 is 0 Å². The average molecular weight is 456 g/mol. The quantitative estimate of drug-likeness (QED) is 0.498. The predicted octanol–water partition coefficient (Wildman–Crippen LogP) is 4.19. The maximum atomic E-state index is 13.4. The van der Waals surface area contributed by atoms with Crippen molar-refractivity contribution in [3.05, 3.63) is 64.8 Å². The molecule has 150 valence electrons. The van der Waals surface area contributed by atoms with Crippen LogP contribution in [-0.4, -0.2) is 38.4 Å². The van der Waals surface area contributed by atoms with Crippen LogP contribution in [0.2, 0.25) is 0 Å². The Morgan fingerprint density at radius 2 is 2.00 bits per heavy atom. The average Bonchev–Trinajstić information content (AvgIpc) is 3.27. The molecule has 2 atom stereocenters. The second kappa shape index (κ2) is 9.05. The lowest BCUT2D eigenvalue weighted by Gasteiger charge is -2.38. The Morgan fingerprint density at radius 1 is 1.31 bits per heavy atom. The molecule has 1 unspecified atom stereocenters. The van der Waals surface area contributed by atoms with Gasteiger partial charge in [-0.1, -0.05) is 18.7 Å². The summed E-state index contributed by atoms with van der Waals surface area (Å²) < 4.78 is 6.07. The Morgan fingerprint density at radius 3 is 2.69 bits per heavy atom. The second-order valence-corrected chi connectivity index (χ2v) is 7.72. The fourth-order valence-electron chi connectivity index (χ4n) is 3.30. The summed E-state index contributed by atoms with van der Waals surface area (Å²) in [6.45, 7) is 8.23. The summed E-state index contributed by atoms with van der Waals surface area (Å²) in [7, 11) is 0. The summed E-state index contributed by atoms with van der Waals surface area (Å²) >= 11 is 3.27. The van der Waals surface area contributed by atoms with Gasteiger partial charge in [0, 0.05) is 18.5 Å². The van der Waals surface area contributed by atoms with Gasteiger partial charge in [0.2, 0.25) is 0 Å². The first-order chi connectivity index (χ1) is 13.9. The van der Waals surface area contributed by atoms with E-state index < -0.39 is 0 Å². The summed E-state index contributed by atoms with van der Waals surface area (Å²) in [5, 5.41) is 17.3. The van der Waals surface area contributed by atoms with E-state index in [1.54, 1.807) is 25.4 Å². The van der Waals surface area contributed by atoms with E-state index in [4.69, 9.17) is 10.00 Å². The number of para-hydroxylation sites is 1. The molecule has 1 aliphatic rings. The molecule has 7 nitrogen and oxygen atoms in total. The minimum absolute atomic E-state index is 0.0239. The van der Waals surface area contributed by atoms with Gasteiger partial charge in [-0.3, -0.25) is 4.79 Å². The molecule has 1 saturated heterocycles. The third-order valence-corrected chi connectivity index (χ3v) is 5.81. The maximum Gasteiger partial charge on any atom is 0.256 e. The molecule has 1 aromatic heterocycles. The first kappa shape index (κ1) is 20.8. The zero-order chi connectivity index (χ0) is 21.0. The van der Waals surface area contributed by atoms with Crippen molar-refractivity contribution >= 4 is 21.8 Å². The first-order valence-corrected chi connectivity index (χ1v) is 10.1. The Hall–Kier alpha value is -2.92. The minimum atomic E-state index is -0.0780. The number of carbonyl (C=O) groups excluding carboxylic acids is 1. The summed E-state index contributed by atoms with van der Waals surface area (Å²) in [6.07, 6.45) is 4.85. The lowest BCUT2D eigenvalue weighted by atomic mass is 9.91. The van der Waals surface area contributed by atoms with Crippen molar-refractivity contribution in [3.63, 3.8) is 0 Å². The summed E-state index contributed by atoms with van der Waals surface area (Å²) in [6, 6.07) is 9.43. The van der Waals surface area contributed by atoms with Crippen LogP contribution in [0.4, 0.5) is 0 Å². The normalized spacial score (nSPS) is 19.9. The Kier molecular flexibility index (Phi) is 6.49. The molecule has 3 rings (SSSR count). The van der Waals surface area contributed by atoms with E-state index in [9.17, 15) is 4.79 Å². The fourth-order valence-corrected chi connectivity index (χ4v) is 3.59. The standard InChI is InChI=1S/C21H22BrN5O2/c1-14(12-23)20(22)29-16(3)17-9-8-15(2)26(13-17)21(28)18-6-4-5-7-19(18)27-24-10-11-25-27/h4-7,10-11,15,17H,3,8-9,13H2,1-2H3/b20-14+/t15-,17?/m1/s1.